The fourth-order valence-electron chi connectivity index (χ4n) is 3.17. The second-order valence-corrected chi connectivity index (χ2v) is 7.02. The first-order valence-electron chi connectivity index (χ1n) is 8.22. The van der Waals surface area contributed by atoms with Crippen molar-refractivity contribution in [3.05, 3.63) is 0 Å². The molecule has 0 aliphatic carbocycles. The zero-order chi connectivity index (χ0) is 15.0. The van der Waals surface area contributed by atoms with Crippen molar-refractivity contribution in [2.24, 2.45) is 10.8 Å². The van der Waals surface area contributed by atoms with Crippen LogP contribution in [0.25, 0.3) is 0 Å². The van der Waals surface area contributed by atoms with Crippen molar-refractivity contribution in [2.75, 3.05) is 33.0 Å². The van der Waals surface area contributed by atoms with Gasteiger partial charge >= 0.3 is 6.16 Å². The topological polar surface area (TPSA) is 46.2 Å². The Kier molecular flexibility index (Phi) is 4.32. The molecule has 0 aromatic heterocycles. The van der Waals surface area contributed by atoms with Crippen LogP contribution in [-0.2, 0) is 23.7 Å². The maximum absolute atomic E-state index is 5.87. The van der Waals surface area contributed by atoms with Crippen LogP contribution < -0.4 is 0 Å². The lowest BCUT2D eigenvalue weighted by Gasteiger charge is -2.50. The molecule has 0 aromatic carbocycles. The number of hydrogen-bond acceptors (Lipinski definition) is 5. The predicted octanol–water partition coefficient (Wildman–Crippen LogP) is 2.68. The fraction of sp³-hybridized carbons (Fsp3) is 1.00. The van der Waals surface area contributed by atoms with Gasteiger partial charge in [-0.2, -0.15) is 0 Å². The molecule has 0 bridgehead atoms. The summed E-state index contributed by atoms with van der Waals surface area (Å²) < 4.78 is 29.2. The van der Waals surface area contributed by atoms with E-state index in [0.717, 1.165) is 25.7 Å². The fourth-order valence-corrected chi connectivity index (χ4v) is 3.17. The second kappa shape index (κ2) is 5.78. The minimum atomic E-state index is -1.28. The van der Waals surface area contributed by atoms with Crippen LogP contribution in [0, 0.1) is 10.8 Å². The van der Waals surface area contributed by atoms with E-state index in [4.69, 9.17) is 23.7 Å². The molecule has 3 aliphatic rings. The van der Waals surface area contributed by atoms with E-state index in [0.29, 0.717) is 39.1 Å². The SMILES string of the molecule is CCC1(CC)COC2(OC1)OCC1(CCC(C)OC1)CO2. The van der Waals surface area contributed by atoms with Gasteiger partial charge in [-0.05, 0) is 32.6 Å². The van der Waals surface area contributed by atoms with E-state index in [9.17, 15) is 0 Å². The summed E-state index contributed by atoms with van der Waals surface area (Å²) in [6.45, 7) is 9.55. The quantitative estimate of drug-likeness (QED) is 0.784. The molecule has 3 saturated heterocycles. The zero-order valence-corrected chi connectivity index (χ0v) is 13.5. The van der Waals surface area contributed by atoms with Gasteiger partial charge in [-0.25, -0.2) is 0 Å². The lowest BCUT2D eigenvalue weighted by molar-refractivity contribution is -0.549. The molecule has 3 rings (SSSR count). The van der Waals surface area contributed by atoms with Gasteiger partial charge in [-0.15, -0.1) is 0 Å². The van der Waals surface area contributed by atoms with E-state index in [-0.39, 0.29) is 10.8 Å². The van der Waals surface area contributed by atoms with Crippen LogP contribution in [0.5, 0.6) is 0 Å². The van der Waals surface area contributed by atoms with Gasteiger partial charge < -0.3 is 23.7 Å². The van der Waals surface area contributed by atoms with Gasteiger partial charge in [0.2, 0.25) is 0 Å². The molecule has 1 unspecified atom stereocenters. The van der Waals surface area contributed by atoms with Crippen LogP contribution in [-0.4, -0.2) is 45.3 Å². The van der Waals surface area contributed by atoms with Crippen LogP contribution in [0.15, 0.2) is 0 Å². The summed E-state index contributed by atoms with van der Waals surface area (Å²) in [5, 5.41) is 0. The molecule has 21 heavy (non-hydrogen) atoms. The molecule has 3 fully saturated rings. The summed E-state index contributed by atoms with van der Waals surface area (Å²) in [4.78, 5) is 0. The standard InChI is InChI=1S/C16H28O5/c1-4-14(5-2)9-18-16(19-10-14)20-11-15(12-21-16)7-6-13(3)17-8-15/h13H,4-12H2,1-3H3. The van der Waals surface area contributed by atoms with Crippen molar-refractivity contribution in [1.29, 1.82) is 0 Å². The van der Waals surface area contributed by atoms with Gasteiger partial charge in [0.25, 0.3) is 0 Å². The monoisotopic (exact) mass is 300 g/mol. The number of ether oxygens (including phenoxy) is 5. The molecular formula is C16H28O5. The molecule has 3 aliphatic heterocycles. The van der Waals surface area contributed by atoms with Gasteiger partial charge in [-0.3, -0.25) is 0 Å². The molecule has 2 spiro atoms. The van der Waals surface area contributed by atoms with Gasteiger partial charge in [0.1, 0.15) is 0 Å². The third-order valence-electron chi connectivity index (χ3n) is 5.48. The van der Waals surface area contributed by atoms with E-state index < -0.39 is 6.16 Å². The van der Waals surface area contributed by atoms with Crippen LogP contribution in [0.2, 0.25) is 0 Å². The Labute approximate surface area is 127 Å². The Morgan fingerprint density at radius 1 is 0.857 bits per heavy atom. The molecule has 5 nitrogen and oxygen atoms in total. The van der Waals surface area contributed by atoms with E-state index in [1.165, 1.54) is 0 Å². The summed E-state index contributed by atoms with van der Waals surface area (Å²) in [5.41, 5.74) is 0.0605. The van der Waals surface area contributed by atoms with Crippen LogP contribution >= 0.6 is 0 Å². The van der Waals surface area contributed by atoms with Crippen molar-refractivity contribution in [3.63, 3.8) is 0 Å². The lowest BCUT2D eigenvalue weighted by Crippen LogP contribution is -2.59. The van der Waals surface area contributed by atoms with E-state index in [1.807, 2.05) is 0 Å². The van der Waals surface area contributed by atoms with Gasteiger partial charge in [0.15, 0.2) is 0 Å². The first-order chi connectivity index (χ1) is 10.1. The van der Waals surface area contributed by atoms with Crippen LogP contribution in [0.3, 0.4) is 0 Å². The predicted molar refractivity (Wildman–Crippen MR) is 76.6 cm³/mol. The molecule has 0 amide bonds. The molecule has 122 valence electrons. The third-order valence-corrected chi connectivity index (χ3v) is 5.48. The van der Waals surface area contributed by atoms with Crippen LogP contribution in [0.4, 0.5) is 0 Å². The molecule has 0 radical (unpaired) electrons. The molecule has 0 aromatic rings. The Bertz CT molecular complexity index is 336. The molecule has 1 atom stereocenters. The second-order valence-electron chi connectivity index (χ2n) is 7.02. The van der Waals surface area contributed by atoms with Crippen molar-refractivity contribution < 1.29 is 23.7 Å². The van der Waals surface area contributed by atoms with Crippen molar-refractivity contribution >= 4 is 0 Å². The summed E-state index contributed by atoms with van der Waals surface area (Å²) >= 11 is 0. The van der Waals surface area contributed by atoms with Crippen molar-refractivity contribution in [1.82, 2.24) is 0 Å². The third kappa shape index (κ3) is 2.99. The van der Waals surface area contributed by atoms with Crippen molar-refractivity contribution in [3.8, 4) is 0 Å². The van der Waals surface area contributed by atoms with Gasteiger partial charge in [0, 0.05) is 10.8 Å². The molecule has 0 saturated carbocycles. The molecule has 5 heteroatoms. The van der Waals surface area contributed by atoms with E-state index >= 15 is 0 Å². The highest BCUT2D eigenvalue weighted by Crippen LogP contribution is 2.43. The normalized spacial score (nSPS) is 34.1. The molecule has 0 N–H and O–H groups in total. The average Bonchev–Trinajstić information content (AvgIpc) is 2.55. The number of rotatable bonds is 2. The van der Waals surface area contributed by atoms with E-state index in [2.05, 4.69) is 20.8 Å². The molecule has 3 heterocycles. The summed E-state index contributed by atoms with van der Waals surface area (Å²) in [7, 11) is 0. The van der Waals surface area contributed by atoms with E-state index in [1.54, 1.807) is 0 Å². The Balaban J connectivity index is 1.56. The minimum Gasteiger partial charge on any atom is -0.378 e. The Hall–Kier alpha value is -0.200. The lowest BCUT2D eigenvalue weighted by atomic mass is 9.82. The van der Waals surface area contributed by atoms with Gasteiger partial charge in [-0.1, -0.05) is 13.8 Å². The first-order valence-corrected chi connectivity index (χ1v) is 8.22. The first kappa shape index (κ1) is 15.7. The largest absolute Gasteiger partial charge is 0.412 e. The maximum atomic E-state index is 5.87. The zero-order valence-electron chi connectivity index (χ0n) is 13.5. The smallest absolute Gasteiger partial charge is 0.378 e. The maximum Gasteiger partial charge on any atom is 0.412 e. The summed E-state index contributed by atoms with van der Waals surface area (Å²) in [6.07, 6.45) is 3.25. The average molecular weight is 300 g/mol. The number of hydrogen-bond donors (Lipinski definition) is 0. The van der Waals surface area contributed by atoms with Crippen molar-refractivity contribution in [2.45, 2.75) is 58.7 Å². The summed E-state index contributed by atoms with van der Waals surface area (Å²) in [5.74, 6) is 0. The summed E-state index contributed by atoms with van der Waals surface area (Å²) in [6, 6.07) is 0. The molecular weight excluding hydrogens is 272 g/mol. The highest BCUT2D eigenvalue weighted by molar-refractivity contribution is 4.87. The Morgan fingerprint density at radius 2 is 1.43 bits per heavy atom. The van der Waals surface area contributed by atoms with Crippen LogP contribution in [0.1, 0.15) is 46.5 Å². The highest BCUT2D eigenvalue weighted by Gasteiger charge is 2.52. The van der Waals surface area contributed by atoms with Gasteiger partial charge in [0.05, 0.1) is 39.1 Å². The Morgan fingerprint density at radius 3 is 1.90 bits per heavy atom. The minimum absolute atomic E-state index is 0.0332. The highest BCUT2D eigenvalue weighted by atomic mass is 17.0.